The lowest BCUT2D eigenvalue weighted by atomic mass is 10.1. The predicted octanol–water partition coefficient (Wildman–Crippen LogP) is 2.99. The fourth-order valence-electron chi connectivity index (χ4n) is 3.02. The number of benzene rings is 2. The summed E-state index contributed by atoms with van der Waals surface area (Å²) in [7, 11) is 0. The number of aliphatic hydroxyl groups is 1. The minimum atomic E-state index is -0.456. The average molecular weight is 352 g/mol. The quantitative estimate of drug-likeness (QED) is 0.716. The molecule has 0 spiro atoms. The molecule has 0 saturated heterocycles. The number of rotatable bonds is 6. The van der Waals surface area contributed by atoms with Gasteiger partial charge in [-0.1, -0.05) is 24.3 Å². The highest BCUT2D eigenvalue weighted by atomic mass is 16.7. The van der Waals surface area contributed by atoms with Crippen molar-refractivity contribution in [1.82, 2.24) is 0 Å². The molecule has 134 valence electrons. The molecular formula is C21H22NO4+. The summed E-state index contributed by atoms with van der Waals surface area (Å²) in [5.74, 6) is 3.40. The lowest BCUT2D eigenvalue weighted by Crippen LogP contribution is -2.80. The topological polar surface area (TPSA) is 68.4 Å². The minimum Gasteiger partial charge on any atom is -0.455 e. The van der Waals surface area contributed by atoms with Crippen LogP contribution >= 0.6 is 0 Å². The molecule has 4 rings (SSSR count). The number of hydrogen-bond donors (Lipinski definition) is 2. The molecule has 2 heterocycles. The Kier molecular flexibility index (Phi) is 4.65. The molecule has 0 bridgehead atoms. The maximum Gasteiger partial charge on any atom is 0.231 e. The smallest absolute Gasteiger partial charge is 0.231 e. The van der Waals surface area contributed by atoms with Gasteiger partial charge in [-0.05, 0) is 42.8 Å². The Bertz CT molecular complexity index is 883. The van der Waals surface area contributed by atoms with Crippen molar-refractivity contribution in [2.75, 3.05) is 6.79 Å². The Morgan fingerprint density at radius 1 is 0.962 bits per heavy atom. The van der Waals surface area contributed by atoms with Crippen molar-refractivity contribution in [3.63, 3.8) is 0 Å². The third-order valence-electron chi connectivity index (χ3n) is 4.50. The number of hydrogen-bond acceptors (Lipinski definition) is 4. The van der Waals surface area contributed by atoms with Crippen LogP contribution in [-0.4, -0.2) is 11.9 Å². The first-order chi connectivity index (χ1) is 12.7. The van der Waals surface area contributed by atoms with Gasteiger partial charge in [0.1, 0.15) is 18.8 Å². The van der Waals surface area contributed by atoms with Crippen LogP contribution in [0.5, 0.6) is 11.5 Å². The van der Waals surface area contributed by atoms with Crippen LogP contribution in [0.2, 0.25) is 0 Å². The van der Waals surface area contributed by atoms with Gasteiger partial charge in [0, 0.05) is 11.1 Å². The highest BCUT2D eigenvalue weighted by molar-refractivity contribution is 5.58. The molecule has 0 radical (unpaired) electrons. The van der Waals surface area contributed by atoms with Gasteiger partial charge in [0.25, 0.3) is 0 Å². The Labute approximate surface area is 152 Å². The number of ether oxygens (including phenoxy) is 2. The summed E-state index contributed by atoms with van der Waals surface area (Å²) in [5.41, 5.74) is 3.10. The maximum atomic E-state index is 9.59. The van der Waals surface area contributed by atoms with E-state index in [0.29, 0.717) is 6.79 Å². The summed E-state index contributed by atoms with van der Waals surface area (Å²) in [5, 5.41) is 11.8. The van der Waals surface area contributed by atoms with Crippen molar-refractivity contribution in [3.05, 3.63) is 71.5 Å². The van der Waals surface area contributed by atoms with Crippen LogP contribution in [0.25, 0.3) is 11.3 Å². The zero-order chi connectivity index (χ0) is 17.9. The molecule has 26 heavy (non-hydrogen) atoms. The summed E-state index contributed by atoms with van der Waals surface area (Å²) in [6.45, 7) is 3.67. The second kappa shape index (κ2) is 7.23. The van der Waals surface area contributed by atoms with Crippen molar-refractivity contribution in [3.8, 4) is 22.8 Å². The van der Waals surface area contributed by atoms with Crippen LogP contribution in [0.1, 0.15) is 29.9 Å². The fraction of sp³-hybridized carbons (Fsp3) is 0.238. The molecule has 3 N–H and O–H groups in total. The summed E-state index contributed by atoms with van der Waals surface area (Å²) < 4.78 is 16.7. The first-order valence-electron chi connectivity index (χ1n) is 8.76. The molecule has 5 heteroatoms. The van der Waals surface area contributed by atoms with E-state index in [1.54, 1.807) is 6.92 Å². The van der Waals surface area contributed by atoms with Gasteiger partial charge in [-0.25, -0.2) is 0 Å². The van der Waals surface area contributed by atoms with E-state index in [1.807, 2.05) is 48.5 Å². The summed E-state index contributed by atoms with van der Waals surface area (Å²) >= 11 is 0. The zero-order valence-corrected chi connectivity index (χ0v) is 14.6. The van der Waals surface area contributed by atoms with Crippen molar-refractivity contribution in [2.24, 2.45) is 0 Å². The van der Waals surface area contributed by atoms with Crippen LogP contribution in [-0.2, 0) is 13.1 Å². The first kappa shape index (κ1) is 16.7. The van der Waals surface area contributed by atoms with Gasteiger partial charge in [0.05, 0.1) is 6.10 Å². The Hall–Kier alpha value is -2.76. The standard InChI is InChI=1S/C21H21NO4/c1-14(23)16-3-5-17(6-4-16)19-9-7-18(26-19)12-22-11-15-2-8-20-21(10-15)25-13-24-20/h2-10,14,22-23H,11-13H2,1H3/p+1/t14-/m0/s1. The van der Waals surface area contributed by atoms with Gasteiger partial charge in [-0.15, -0.1) is 0 Å². The highest BCUT2D eigenvalue weighted by Crippen LogP contribution is 2.32. The lowest BCUT2D eigenvalue weighted by molar-refractivity contribution is -0.687. The molecule has 1 aliphatic rings. The molecule has 3 aromatic rings. The van der Waals surface area contributed by atoms with Gasteiger partial charge >= 0.3 is 0 Å². The number of aliphatic hydroxyl groups excluding tert-OH is 1. The maximum absolute atomic E-state index is 9.59. The molecule has 0 amide bonds. The Morgan fingerprint density at radius 3 is 2.58 bits per heavy atom. The first-order valence-corrected chi connectivity index (χ1v) is 8.76. The second-order valence-electron chi connectivity index (χ2n) is 6.45. The monoisotopic (exact) mass is 352 g/mol. The van der Waals surface area contributed by atoms with Crippen molar-refractivity contribution < 1.29 is 24.3 Å². The van der Waals surface area contributed by atoms with Gasteiger partial charge in [-0.2, -0.15) is 0 Å². The van der Waals surface area contributed by atoms with E-state index in [4.69, 9.17) is 13.9 Å². The molecule has 0 fully saturated rings. The van der Waals surface area contributed by atoms with Crippen molar-refractivity contribution >= 4 is 0 Å². The van der Waals surface area contributed by atoms with E-state index in [1.165, 1.54) is 5.56 Å². The summed E-state index contributed by atoms with van der Waals surface area (Å²) in [6.07, 6.45) is -0.456. The molecule has 1 aliphatic heterocycles. The second-order valence-corrected chi connectivity index (χ2v) is 6.45. The average Bonchev–Trinajstić information content (AvgIpc) is 3.30. The van der Waals surface area contributed by atoms with Gasteiger partial charge < -0.3 is 24.3 Å². The van der Waals surface area contributed by atoms with E-state index in [0.717, 1.165) is 47.2 Å². The highest BCUT2D eigenvalue weighted by Gasteiger charge is 2.14. The Balaban J connectivity index is 1.35. The Morgan fingerprint density at radius 2 is 1.77 bits per heavy atom. The van der Waals surface area contributed by atoms with E-state index < -0.39 is 6.10 Å². The van der Waals surface area contributed by atoms with Crippen LogP contribution in [0.3, 0.4) is 0 Å². The van der Waals surface area contributed by atoms with Crippen LogP contribution < -0.4 is 14.8 Å². The van der Waals surface area contributed by atoms with E-state index >= 15 is 0 Å². The largest absolute Gasteiger partial charge is 0.455 e. The van der Waals surface area contributed by atoms with E-state index in [9.17, 15) is 5.11 Å². The third kappa shape index (κ3) is 3.59. The summed E-state index contributed by atoms with van der Waals surface area (Å²) in [6, 6.07) is 17.8. The van der Waals surface area contributed by atoms with E-state index in [-0.39, 0.29) is 0 Å². The molecule has 1 atom stereocenters. The molecule has 0 aliphatic carbocycles. The van der Waals surface area contributed by atoms with Crippen molar-refractivity contribution in [2.45, 2.75) is 26.1 Å². The molecule has 2 aromatic carbocycles. The normalized spacial score (nSPS) is 13.8. The van der Waals surface area contributed by atoms with Gasteiger partial charge in [0.2, 0.25) is 6.79 Å². The number of fused-ring (bicyclic) bond motifs is 1. The minimum absolute atomic E-state index is 0.301. The number of quaternary nitrogens is 1. The molecule has 0 unspecified atom stereocenters. The van der Waals surface area contributed by atoms with Gasteiger partial charge in [-0.3, -0.25) is 0 Å². The zero-order valence-electron chi connectivity index (χ0n) is 14.6. The van der Waals surface area contributed by atoms with Crippen LogP contribution in [0.15, 0.2) is 59.0 Å². The third-order valence-corrected chi connectivity index (χ3v) is 4.50. The number of nitrogens with two attached hydrogens (primary N) is 1. The number of furan rings is 1. The predicted molar refractivity (Wildman–Crippen MR) is 96.7 cm³/mol. The van der Waals surface area contributed by atoms with Crippen LogP contribution in [0, 0.1) is 0 Å². The lowest BCUT2D eigenvalue weighted by Gasteiger charge is -2.05. The van der Waals surface area contributed by atoms with Crippen LogP contribution in [0.4, 0.5) is 0 Å². The molecular weight excluding hydrogens is 330 g/mol. The molecule has 0 saturated carbocycles. The summed E-state index contributed by atoms with van der Waals surface area (Å²) in [4.78, 5) is 0. The van der Waals surface area contributed by atoms with Crippen molar-refractivity contribution in [1.29, 1.82) is 0 Å². The molecule has 1 aromatic heterocycles. The molecule has 5 nitrogen and oxygen atoms in total. The SMILES string of the molecule is C[C@H](O)c1ccc(-c2ccc(C[NH2+]Cc3ccc4c(c3)OCO4)o2)cc1. The van der Waals surface area contributed by atoms with Gasteiger partial charge in [0.15, 0.2) is 17.3 Å². The fourth-order valence-corrected chi connectivity index (χ4v) is 3.02. The van der Waals surface area contributed by atoms with E-state index in [2.05, 4.69) is 11.4 Å².